The van der Waals surface area contributed by atoms with E-state index in [1.165, 1.54) is 26.0 Å². The largest absolute Gasteiger partial charge is 0.508 e. The quantitative estimate of drug-likeness (QED) is 0.703. The minimum atomic E-state index is -1.50. The molecular weight excluding hydrogens is 196 g/mol. The van der Waals surface area contributed by atoms with Crippen LogP contribution in [-0.2, 0) is 10.4 Å². The van der Waals surface area contributed by atoms with Gasteiger partial charge < -0.3 is 15.3 Å². The van der Waals surface area contributed by atoms with E-state index in [0.29, 0.717) is 5.56 Å². The third-order valence-corrected chi connectivity index (χ3v) is 2.64. The Hall–Kier alpha value is -1.55. The van der Waals surface area contributed by atoms with Gasteiger partial charge in [0.05, 0.1) is 11.5 Å². The van der Waals surface area contributed by atoms with E-state index in [1.807, 2.05) is 0 Å². The molecule has 2 unspecified atom stereocenters. The highest BCUT2D eigenvalue weighted by Gasteiger charge is 2.35. The SMILES string of the molecule is CC(C(=O)O)C(C)(O)c1cccc(O)c1. The van der Waals surface area contributed by atoms with Crippen LogP contribution in [0.25, 0.3) is 0 Å². The van der Waals surface area contributed by atoms with Gasteiger partial charge in [0.1, 0.15) is 5.75 Å². The number of phenolic OH excluding ortho intramolecular Hbond substituents is 1. The molecular formula is C11H14O4. The summed E-state index contributed by atoms with van der Waals surface area (Å²) in [5, 5.41) is 28.1. The van der Waals surface area contributed by atoms with Crippen molar-refractivity contribution in [1.29, 1.82) is 0 Å². The van der Waals surface area contributed by atoms with E-state index in [2.05, 4.69) is 0 Å². The Balaban J connectivity index is 3.10. The first-order valence-electron chi connectivity index (χ1n) is 4.60. The minimum absolute atomic E-state index is 0.00497. The summed E-state index contributed by atoms with van der Waals surface area (Å²) in [6.07, 6.45) is 0. The smallest absolute Gasteiger partial charge is 0.309 e. The Morgan fingerprint density at radius 3 is 2.53 bits per heavy atom. The number of carbonyl (C=O) groups is 1. The van der Waals surface area contributed by atoms with Gasteiger partial charge in [-0.25, -0.2) is 0 Å². The molecule has 0 heterocycles. The number of rotatable bonds is 3. The molecule has 1 aromatic rings. The maximum atomic E-state index is 10.8. The van der Waals surface area contributed by atoms with Gasteiger partial charge in [0.25, 0.3) is 0 Å². The second kappa shape index (κ2) is 3.90. The molecule has 0 amide bonds. The van der Waals surface area contributed by atoms with Gasteiger partial charge in [-0.3, -0.25) is 4.79 Å². The van der Waals surface area contributed by atoms with Crippen molar-refractivity contribution in [2.24, 2.45) is 5.92 Å². The summed E-state index contributed by atoms with van der Waals surface area (Å²) in [4.78, 5) is 10.8. The van der Waals surface area contributed by atoms with E-state index in [-0.39, 0.29) is 5.75 Å². The summed E-state index contributed by atoms with van der Waals surface area (Å²) in [6, 6.07) is 5.97. The molecule has 1 aromatic carbocycles. The number of hydrogen-bond donors (Lipinski definition) is 3. The van der Waals surface area contributed by atoms with Gasteiger partial charge in [-0.2, -0.15) is 0 Å². The summed E-state index contributed by atoms with van der Waals surface area (Å²) < 4.78 is 0. The molecule has 2 atom stereocenters. The fraction of sp³-hybridized carbons (Fsp3) is 0.364. The molecule has 82 valence electrons. The Morgan fingerprint density at radius 2 is 2.07 bits per heavy atom. The Labute approximate surface area is 87.8 Å². The van der Waals surface area contributed by atoms with Crippen LogP contribution in [0, 0.1) is 5.92 Å². The molecule has 4 nitrogen and oxygen atoms in total. The van der Waals surface area contributed by atoms with Crippen molar-refractivity contribution in [1.82, 2.24) is 0 Å². The molecule has 0 saturated carbocycles. The highest BCUT2D eigenvalue weighted by atomic mass is 16.4. The first-order chi connectivity index (χ1) is 6.85. The Kier molecular flexibility index (Phi) is 3.00. The average molecular weight is 210 g/mol. The second-order valence-corrected chi connectivity index (χ2v) is 3.76. The summed E-state index contributed by atoms with van der Waals surface area (Å²) in [5.41, 5.74) is -1.11. The van der Waals surface area contributed by atoms with E-state index in [1.54, 1.807) is 12.1 Å². The fourth-order valence-corrected chi connectivity index (χ4v) is 1.31. The third-order valence-electron chi connectivity index (χ3n) is 2.64. The number of carboxylic acid groups (broad SMARTS) is 1. The molecule has 0 saturated heterocycles. The number of aliphatic hydroxyl groups is 1. The molecule has 0 aliphatic rings. The average Bonchev–Trinajstić information content (AvgIpc) is 2.16. The zero-order valence-corrected chi connectivity index (χ0v) is 8.64. The first kappa shape index (κ1) is 11.5. The lowest BCUT2D eigenvalue weighted by atomic mass is 9.84. The number of phenols is 1. The number of benzene rings is 1. The van der Waals surface area contributed by atoms with Gasteiger partial charge in [0.15, 0.2) is 0 Å². The molecule has 0 aromatic heterocycles. The minimum Gasteiger partial charge on any atom is -0.508 e. The van der Waals surface area contributed by atoms with Crippen LogP contribution in [0.3, 0.4) is 0 Å². The molecule has 0 aliphatic heterocycles. The fourth-order valence-electron chi connectivity index (χ4n) is 1.31. The number of aliphatic carboxylic acids is 1. The van der Waals surface area contributed by atoms with Gasteiger partial charge in [0, 0.05) is 0 Å². The number of carboxylic acids is 1. The van der Waals surface area contributed by atoms with Crippen molar-refractivity contribution in [3.05, 3.63) is 29.8 Å². The lowest BCUT2D eigenvalue weighted by Crippen LogP contribution is -2.35. The van der Waals surface area contributed by atoms with E-state index in [0.717, 1.165) is 0 Å². The normalized spacial score (nSPS) is 16.7. The van der Waals surface area contributed by atoms with Crippen LogP contribution < -0.4 is 0 Å². The first-order valence-corrected chi connectivity index (χ1v) is 4.60. The van der Waals surface area contributed by atoms with Crippen LogP contribution >= 0.6 is 0 Å². The van der Waals surface area contributed by atoms with Crippen LogP contribution in [0.1, 0.15) is 19.4 Å². The number of aromatic hydroxyl groups is 1. The van der Waals surface area contributed by atoms with E-state index in [4.69, 9.17) is 5.11 Å². The van der Waals surface area contributed by atoms with E-state index < -0.39 is 17.5 Å². The molecule has 0 bridgehead atoms. The maximum Gasteiger partial charge on any atom is 0.309 e. The number of hydrogen-bond acceptors (Lipinski definition) is 3. The van der Waals surface area contributed by atoms with Gasteiger partial charge >= 0.3 is 5.97 Å². The van der Waals surface area contributed by atoms with Crippen molar-refractivity contribution < 1.29 is 20.1 Å². The van der Waals surface area contributed by atoms with Crippen LogP contribution in [0.5, 0.6) is 5.75 Å². The standard InChI is InChI=1S/C11H14O4/c1-7(10(13)14)11(2,15)8-4-3-5-9(12)6-8/h3-7,12,15H,1-2H3,(H,13,14). The van der Waals surface area contributed by atoms with E-state index >= 15 is 0 Å². The predicted molar refractivity (Wildman–Crippen MR) is 54.5 cm³/mol. The summed E-state index contributed by atoms with van der Waals surface area (Å²) in [6.45, 7) is 2.84. The Bertz CT molecular complexity index is 371. The van der Waals surface area contributed by atoms with Crippen LogP contribution in [-0.4, -0.2) is 21.3 Å². The molecule has 0 fully saturated rings. The van der Waals surface area contributed by atoms with Crippen LogP contribution in [0.15, 0.2) is 24.3 Å². The van der Waals surface area contributed by atoms with Crippen LogP contribution in [0.2, 0.25) is 0 Å². The zero-order chi connectivity index (χ0) is 11.6. The van der Waals surface area contributed by atoms with Gasteiger partial charge in [-0.1, -0.05) is 12.1 Å². The molecule has 1 rings (SSSR count). The van der Waals surface area contributed by atoms with Crippen molar-refractivity contribution in [2.75, 3.05) is 0 Å². The third kappa shape index (κ3) is 2.27. The zero-order valence-electron chi connectivity index (χ0n) is 8.64. The van der Waals surface area contributed by atoms with Gasteiger partial charge in [-0.15, -0.1) is 0 Å². The van der Waals surface area contributed by atoms with Crippen molar-refractivity contribution in [3.63, 3.8) is 0 Å². The summed E-state index contributed by atoms with van der Waals surface area (Å²) >= 11 is 0. The maximum absolute atomic E-state index is 10.8. The topological polar surface area (TPSA) is 77.8 Å². The summed E-state index contributed by atoms with van der Waals surface area (Å²) in [5.74, 6) is -2.02. The molecule has 4 heteroatoms. The molecule has 3 N–H and O–H groups in total. The molecule has 0 radical (unpaired) electrons. The summed E-state index contributed by atoms with van der Waals surface area (Å²) in [7, 11) is 0. The molecule has 15 heavy (non-hydrogen) atoms. The van der Waals surface area contributed by atoms with E-state index in [9.17, 15) is 15.0 Å². The molecule has 0 spiro atoms. The Morgan fingerprint density at radius 1 is 1.47 bits per heavy atom. The van der Waals surface area contributed by atoms with Crippen molar-refractivity contribution in [3.8, 4) is 5.75 Å². The lowest BCUT2D eigenvalue weighted by Gasteiger charge is -2.27. The monoisotopic (exact) mass is 210 g/mol. The van der Waals surface area contributed by atoms with Gasteiger partial charge in [-0.05, 0) is 31.5 Å². The van der Waals surface area contributed by atoms with Gasteiger partial charge in [0.2, 0.25) is 0 Å². The highest BCUT2D eigenvalue weighted by molar-refractivity contribution is 5.71. The van der Waals surface area contributed by atoms with Crippen molar-refractivity contribution >= 4 is 5.97 Å². The van der Waals surface area contributed by atoms with Crippen molar-refractivity contribution in [2.45, 2.75) is 19.4 Å². The lowest BCUT2D eigenvalue weighted by molar-refractivity contribution is -0.150. The van der Waals surface area contributed by atoms with Crippen LogP contribution in [0.4, 0.5) is 0 Å². The molecule has 0 aliphatic carbocycles. The highest BCUT2D eigenvalue weighted by Crippen LogP contribution is 2.31. The second-order valence-electron chi connectivity index (χ2n) is 3.76. The predicted octanol–water partition coefficient (Wildman–Crippen LogP) is 1.32.